The normalized spacial score (nSPS) is 13.8. The van der Waals surface area contributed by atoms with Gasteiger partial charge >= 0.3 is 149 Å². The van der Waals surface area contributed by atoms with Crippen molar-refractivity contribution in [3.05, 3.63) is 174 Å². The molecule has 0 N–H and O–H groups in total. The topological polar surface area (TPSA) is 25.8 Å². The number of aromatic nitrogens is 2. The van der Waals surface area contributed by atoms with Crippen LogP contribution in [0.4, 0.5) is 0 Å². The fourth-order valence-electron chi connectivity index (χ4n) is 5.33. The van der Waals surface area contributed by atoms with Crippen LogP contribution in [-0.2, 0) is 31.9 Å². The molecule has 0 aliphatic rings. The van der Waals surface area contributed by atoms with Gasteiger partial charge in [-0.15, -0.1) is 35.4 Å². The number of pyridine rings is 2. The van der Waals surface area contributed by atoms with Gasteiger partial charge in [-0.25, -0.2) is 0 Å². The molecule has 6 aromatic rings. The van der Waals surface area contributed by atoms with E-state index in [1.54, 1.807) is 12.3 Å². The molecular formula is C44H46GeIrN2-2. The van der Waals surface area contributed by atoms with E-state index in [-0.39, 0.29) is 25.5 Å². The van der Waals surface area contributed by atoms with Gasteiger partial charge in [0.2, 0.25) is 0 Å². The van der Waals surface area contributed by atoms with E-state index in [1.807, 2.05) is 110 Å². The molecule has 0 saturated heterocycles. The zero-order valence-corrected chi connectivity index (χ0v) is 33.4. The fourth-order valence-corrected chi connectivity index (χ4v) is 8.52. The van der Waals surface area contributed by atoms with Gasteiger partial charge in [-0.2, -0.15) is 0 Å². The second-order valence-electron chi connectivity index (χ2n) is 13.8. The third-order valence-corrected chi connectivity index (χ3v) is 12.3. The van der Waals surface area contributed by atoms with E-state index in [9.17, 15) is 1.37 Å². The summed E-state index contributed by atoms with van der Waals surface area (Å²) in [6.45, 7) is 8.51. The second kappa shape index (κ2) is 16.7. The van der Waals surface area contributed by atoms with Crippen molar-refractivity contribution < 1.29 is 24.2 Å². The molecule has 2 nitrogen and oxygen atoms in total. The van der Waals surface area contributed by atoms with Crippen LogP contribution in [-0.4, -0.2) is 23.2 Å². The maximum atomic E-state index is 9.18. The molecule has 1 atom stereocenters. The van der Waals surface area contributed by atoms with E-state index in [1.165, 1.54) is 9.96 Å². The quantitative estimate of drug-likeness (QED) is 0.118. The summed E-state index contributed by atoms with van der Waals surface area (Å²) in [6.07, 6.45) is 2.12. The number of benzene rings is 4. The number of rotatable bonds is 7. The summed E-state index contributed by atoms with van der Waals surface area (Å²) in [5.74, 6) is 6.27. The van der Waals surface area contributed by atoms with Gasteiger partial charge in [0, 0.05) is 29.0 Å². The van der Waals surface area contributed by atoms with Crippen LogP contribution in [0.2, 0.25) is 17.3 Å². The maximum absolute atomic E-state index is 9.18. The molecule has 247 valence electrons. The largest absolute Gasteiger partial charge is 0.305 e. The van der Waals surface area contributed by atoms with Crippen molar-refractivity contribution in [1.29, 1.82) is 0 Å². The summed E-state index contributed by atoms with van der Waals surface area (Å²) < 4.78 is 27.5. The Labute approximate surface area is 309 Å². The third kappa shape index (κ3) is 9.95. The molecular weight excluding hydrogens is 821 g/mol. The minimum absolute atomic E-state index is 0. The van der Waals surface area contributed by atoms with Crippen LogP contribution in [0, 0.1) is 12.1 Å². The van der Waals surface area contributed by atoms with Crippen molar-refractivity contribution in [3.63, 3.8) is 0 Å². The van der Waals surface area contributed by atoms with Gasteiger partial charge in [-0.3, -0.25) is 0 Å². The van der Waals surface area contributed by atoms with Crippen LogP contribution < -0.4 is 4.40 Å². The minimum atomic E-state index is -2.18. The average Bonchev–Trinajstić information content (AvgIpc) is 3.12. The van der Waals surface area contributed by atoms with Gasteiger partial charge in [0.05, 0.1) is 0 Å². The minimum Gasteiger partial charge on any atom is -0.305 e. The number of hydrogen-bond donors (Lipinski definition) is 0. The Morgan fingerprint density at radius 2 is 1.38 bits per heavy atom. The van der Waals surface area contributed by atoms with Crippen molar-refractivity contribution in [1.82, 2.24) is 9.97 Å². The summed E-state index contributed by atoms with van der Waals surface area (Å²) in [7, 11) is 0. The van der Waals surface area contributed by atoms with Gasteiger partial charge in [0.15, 0.2) is 0 Å². The molecule has 0 aliphatic heterocycles. The van der Waals surface area contributed by atoms with Crippen molar-refractivity contribution in [2.75, 3.05) is 0 Å². The Kier molecular flexibility index (Phi) is 11.4. The molecule has 6 rings (SSSR count). The Bertz CT molecular complexity index is 2020. The first kappa shape index (κ1) is 32.9. The molecule has 0 saturated carbocycles. The fraction of sp³-hybridized carbons (Fsp3) is 0.227. The van der Waals surface area contributed by atoms with Crippen molar-refractivity contribution in [2.24, 2.45) is 0 Å². The first-order valence-corrected chi connectivity index (χ1v) is 23.5. The molecule has 48 heavy (non-hydrogen) atoms. The molecule has 2 heterocycles. The Hall–Kier alpha value is -3.63. The Morgan fingerprint density at radius 3 is 2.02 bits per heavy atom. The van der Waals surface area contributed by atoms with Crippen LogP contribution in [0.1, 0.15) is 65.5 Å². The maximum Gasteiger partial charge on any atom is 0.0365 e. The van der Waals surface area contributed by atoms with Crippen molar-refractivity contribution in [2.45, 2.75) is 62.6 Å². The molecule has 4 heteroatoms. The SMILES string of the molecule is [2H]C(C)(c1ccccc1)c1cc(-c2[c-]cccc2)nc[c]1[Ge]([CH3])([CH3])[CH3].[2H]C([2H])(c1ccccc1)c1ccnc(-c2[c-]ccc(C(C)(C)C)c2)c1.[Ir]. The second-order valence-corrected chi connectivity index (χ2v) is 24.4. The van der Waals surface area contributed by atoms with Crippen molar-refractivity contribution >= 4 is 17.7 Å². The summed E-state index contributed by atoms with van der Waals surface area (Å²) in [5, 5.41) is 0. The smallest absolute Gasteiger partial charge is 0.0365 e. The summed E-state index contributed by atoms with van der Waals surface area (Å²) in [4.78, 5) is 9.16. The summed E-state index contributed by atoms with van der Waals surface area (Å²) >= 11 is -2.18. The van der Waals surface area contributed by atoms with Crippen LogP contribution in [0.3, 0.4) is 0 Å². The summed E-state index contributed by atoms with van der Waals surface area (Å²) in [5.41, 5.74) is 8.06. The zero-order chi connectivity index (χ0) is 36.2. The molecule has 0 bridgehead atoms. The first-order valence-electron chi connectivity index (χ1n) is 17.7. The number of nitrogens with zero attached hydrogens (tertiary/aromatic N) is 2. The Balaban J connectivity index is 0.000000224. The van der Waals surface area contributed by atoms with Crippen LogP contribution in [0.5, 0.6) is 0 Å². The summed E-state index contributed by atoms with van der Waals surface area (Å²) in [6, 6.07) is 45.4. The van der Waals surface area contributed by atoms with E-state index in [0.29, 0.717) is 11.1 Å². The van der Waals surface area contributed by atoms with E-state index in [4.69, 9.17) is 7.73 Å². The van der Waals surface area contributed by atoms with Crippen LogP contribution in [0.25, 0.3) is 22.5 Å². The first-order chi connectivity index (χ1) is 23.6. The molecule has 0 fully saturated rings. The zero-order valence-electron chi connectivity index (χ0n) is 31.9. The molecule has 1 unspecified atom stereocenters. The van der Waals surface area contributed by atoms with E-state index >= 15 is 0 Å². The molecule has 2 aromatic heterocycles. The van der Waals surface area contributed by atoms with Gasteiger partial charge in [0.1, 0.15) is 0 Å². The van der Waals surface area contributed by atoms with E-state index in [0.717, 1.165) is 33.6 Å². The third-order valence-electron chi connectivity index (χ3n) is 8.07. The Morgan fingerprint density at radius 1 is 0.729 bits per heavy atom. The molecule has 0 amide bonds. The van der Waals surface area contributed by atoms with Gasteiger partial charge in [0.25, 0.3) is 0 Å². The van der Waals surface area contributed by atoms with E-state index < -0.39 is 25.5 Å². The van der Waals surface area contributed by atoms with Gasteiger partial charge in [-0.05, 0) is 34.7 Å². The molecule has 1 radical (unpaired) electrons. The van der Waals surface area contributed by atoms with E-state index in [2.05, 4.69) is 73.4 Å². The number of hydrogen-bond acceptors (Lipinski definition) is 2. The van der Waals surface area contributed by atoms with Gasteiger partial charge < -0.3 is 4.98 Å². The van der Waals surface area contributed by atoms with Crippen LogP contribution in [0.15, 0.2) is 134 Å². The predicted octanol–water partition coefficient (Wildman–Crippen LogP) is 10.7. The van der Waals surface area contributed by atoms with Crippen molar-refractivity contribution in [3.8, 4) is 22.5 Å². The average molecular weight is 871 g/mol. The molecule has 0 spiro atoms. The standard InChI is InChI=1S/C22H24GeN.C22H22N.Ir/c1-17(18-11-7-5-8-12-18)20-15-22(19-13-9-6-10-14-19)24-16-21(20)23(2,3)4;1-22(2,3)20-11-7-10-19(16-20)21-15-18(12-13-23-21)14-17-8-5-4-6-9-17;/h5-13,15-17H,1-4H3;4-9,11-13,15-16H,14H2,1-3H3;/q2*-1;/i17D;14D2;. The molecule has 0 aliphatic carbocycles. The molecule has 4 aromatic carbocycles. The monoisotopic (exact) mass is 872 g/mol. The van der Waals surface area contributed by atoms with Crippen LogP contribution >= 0.6 is 0 Å². The van der Waals surface area contributed by atoms with Gasteiger partial charge in [-0.1, -0.05) is 57.2 Å². The predicted molar refractivity (Wildman–Crippen MR) is 202 cm³/mol.